The number of carbonyl (C=O) groups excluding carboxylic acids is 2. The Balaban J connectivity index is 1.72. The van der Waals surface area contributed by atoms with Gasteiger partial charge in [0, 0.05) is 25.4 Å². The number of para-hydroxylation sites is 1. The quantitative estimate of drug-likeness (QED) is 0.498. The molecule has 0 saturated carbocycles. The smallest absolute Gasteiger partial charge is 0.278 e. The van der Waals surface area contributed by atoms with Gasteiger partial charge < -0.3 is 9.64 Å². The zero-order valence-electron chi connectivity index (χ0n) is 18.8. The van der Waals surface area contributed by atoms with Crippen LogP contribution in [0.2, 0.25) is 0 Å². The average molecular weight is 419 g/mol. The summed E-state index contributed by atoms with van der Waals surface area (Å²) in [7, 11) is 0. The second-order valence-electron chi connectivity index (χ2n) is 8.59. The Bertz CT molecular complexity index is 1050. The molecular formula is C26H30N2O3. The third-order valence-electron chi connectivity index (χ3n) is 6.07. The summed E-state index contributed by atoms with van der Waals surface area (Å²) < 4.78 is 5.61. The van der Waals surface area contributed by atoms with Gasteiger partial charge in [0.25, 0.3) is 11.8 Å². The van der Waals surface area contributed by atoms with E-state index < -0.39 is 0 Å². The molecule has 0 radical (unpaired) electrons. The lowest BCUT2D eigenvalue weighted by atomic mass is 9.99. The van der Waals surface area contributed by atoms with Crippen LogP contribution in [0.4, 0.5) is 5.69 Å². The van der Waals surface area contributed by atoms with E-state index in [9.17, 15) is 9.59 Å². The van der Waals surface area contributed by atoms with Crippen LogP contribution in [0.1, 0.15) is 42.5 Å². The number of imide groups is 1. The zero-order chi connectivity index (χ0) is 22.1. The van der Waals surface area contributed by atoms with E-state index >= 15 is 0 Å². The van der Waals surface area contributed by atoms with Gasteiger partial charge in [0.15, 0.2) is 0 Å². The minimum atomic E-state index is -0.211. The van der Waals surface area contributed by atoms with Gasteiger partial charge in [0.05, 0.1) is 11.7 Å². The monoisotopic (exact) mass is 418 g/mol. The van der Waals surface area contributed by atoms with Crippen LogP contribution >= 0.6 is 0 Å². The van der Waals surface area contributed by atoms with E-state index in [1.807, 2.05) is 69.0 Å². The number of amides is 2. The molecule has 2 aliphatic heterocycles. The van der Waals surface area contributed by atoms with Crippen molar-refractivity contribution in [1.29, 1.82) is 0 Å². The van der Waals surface area contributed by atoms with E-state index in [1.54, 1.807) is 0 Å². The van der Waals surface area contributed by atoms with Crippen molar-refractivity contribution in [2.45, 2.75) is 46.6 Å². The third-order valence-corrected chi connectivity index (χ3v) is 6.07. The lowest BCUT2D eigenvalue weighted by molar-refractivity contribution is -0.137. The largest absolute Gasteiger partial charge is 0.379 e. The molecule has 2 amide bonds. The van der Waals surface area contributed by atoms with Gasteiger partial charge in [-0.15, -0.1) is 0 Å². The van der Waals surface area contributed by atoms with Crippen molar-refractivity contribution in [1.82, 2.24) is 4.90 Å². The van der Waals surface area contributed by atoms with Gasteiger partial charge in [-0.25, -0.2) is 0 Å². The Labute approximate surface area is 184 Å². The fourth-order valence-electron chi connectivity index (χ4n) is 4.29. The molecule has 2 aliphatic rings. The maximum Gasteiger partial charge on any atom is 0.278 e. The van der Waals surface area contributed by atoms with Crippen molar-refractivity contribution < 1.29 is 14.3 Å². The van der Waals surface area contributed by atoms with Crippen LogP contribution in [0.15, 0.2) is 48.2 Å². The standard InChI is InChI=1S/C26H30N2O3/c1-17(2)31-15-7-13-28-25(29)23(21-11-10-18(3)19(4)16-21)24(26(28)30)27-14-12-20-8-5-6-9-22(20)27/h5-6,8-11,16-17H,7,12-15H2,1-4H3. The van der Waals surface area contributed by atoms with E-state index in [4.69, 9.17) is 4.74 Å². The van der Waals surface area contributed by atoms with E-state index in [2.05, 4.69) is 6.07 Å². The Kier molecular flexibility index (Phi) is 5.96. The molecule has 5 nitrogen and oxygen atoms in total. The predicted molar refractivity (Wildman–Crippen MR) is 123 cm³/mol. The first-order chi connectivity index (χ1) is 14.9. The molecule has 0 spiro atoms. The molecule has 0 fully saturated rings. The highest BCUT2D eigenvalue weighted by Gasteiger charge is 2.43. The number of aryl methyl sites for hydroxylation is 2. The van der Waals surface area contributed by atoms with Crippen molar-refractivity contribution in [2.75, 3.05) is 24.6 Å². The van der Waals surface area contributed by atoms with Gasteiger partial charge in [-0.1, -0.05) is 36.4 Å². The van der Waals surface area contributed by atoms with Gasteiger partial charge in [0.1, 0.15) is 5.70 Å². The zero-order valence-corrected chi connectivity index (χ0v) is 18.8. The molecule has 5 heteroatoms. The highest BCUT2D eigenvalue weighted by molar-refractivity contribution is 6.36. The molecule has 0 N–H and O–H groups in total. The van der Waals surface area contributed by atoms with Crippen molar-refractivity contribution in [3.8, 4) is 0 Å². The number of fused-ring (bicyclic) bond motifs is 1. The first-order valence-corrected chi connectivity index (χ1v) is 11.0. The van der Waals surface area contributed by atoms with Crippen LogP contribution < -0.4 is 4.90 Å². The molecule has 162 valence electrons. The normalized spacial score (nSPS) is 16.2. The van der Waals surface area contributed by atoms with Crippen molar-refractivity contribution in [3.05, 3.63) is 70.4 Å². The van der Waals surface area contributed by atoms with Crippen LogP contribution in [0.3, 0.4) is 0 Å². The molecule has 0 bridgehead atoms. The molecule has 0 aliphatic carbocycles. The van der Waals surface area contributed by atoms with Gasteiger partial charge >= 0.3 is 0 Å². The fraction of sp³-hybridized carbons (Fsp3) is 0.385. The van der Waals surface area contributed by atoms with Gasteiger partial charge in [-0.05, 0) is 68.9 Å². The second kappa shape index (κ2) is 8.67. The van der Waals surface area contributed by atoms with E-state index in [0.29, 0.717) is 37.4 Å². The summed E-state index contributed by atoms with van der Waals surface area (Å²) in [5, 5.41) is 0. The molecular weight excluding hydrogens is 388 g/mol. The number of carbonyl (C=O) groups is 2. The Morgan fingerprint density at radius 3 is 2.52 bits per heavy atom. The summed E-state index contributed by atoms with van der Waals surface area (Å²) in [6, 6.07) is 14.1. The maximum atomic E-state index is 13.5. The lowest BCUT2D eigenvalue weighted by Crippen LogP contribution is -2.36. The summed E-state index contributed by atoms with van der Waals surface area (Å²) in [5.41, 5.74) is 6.31. The Hall–Kier alpha value is -2.92. The number of hydrogen-bond donors (Lipinski definition) is 0. The molecule has 2 heterocycles. The minimum Gasteiger partial charge on any atom is -0.379 e. The van der Waals surface area contributed by atoms with Gasteiger partial charge in [0.2, 0.25) is 0 Å². The van der Waals surface area contributed by atoms with Crippen LogP contribution in [-0.2, 0) is 20.7 Å². The highest BCUT2D eigenvalue weighted by Crippen LogP contribution is 2.38. The number of nitrogens with zero attached hydrogens (tertiary/aromatic N) is 2. The van der Waals surface area contributed by atoms with Crippen LogP contribution in [0.5, 0.6) is 0 Å². The topological polar surface area (TPSA) is 49.9 Å². The second-order valence-corrected chi connectivity index (χ2v) is 8.59. The molecule has 2 aromatic carbocycles. The summed E-state index contributed by atoms with van der Waals surface area (Å²) in [6.07, 6.45) is 1.62. The molecule has 0 aromatic heterocycles. The number of rotatable bonds is 7. The van der Waals surface area contributed by atoms with E-state index in [1.165, 1.54) is 10.5 Å². The highest BCUT2D eigenvalue weighted by atomic mass is 16.5. The third kappa shape index (κ3) is 4.02. The molecule has 0 atom stereocenters. The number of anilines is 1. The average Bonchev–Trinajstić information content (AvgIpc) is 3.26. The first kappa shape index (κ1) is 21.3. The fourth-order valence-corrected chi connectivity index (χ4v) is 4.29. The maximum absolute atomic E-state index is 13.5. The minimum absolute atomic E-state index is 0.130. The number of hydrogen-bond acceptors (Lipinski definition) is 4. The molecule has 4 rings (SSSR count). The van der Waals surface area contributed by atoms with Gasteiger partial charge in [-0.2, -0.15) is 0 Å². The van der Waals surface area contributed by atoms with Crippen LogP contribution in [0.25, 0.3) is 5.57 Å². The molecule has 0 saturated heterocycles. The van der Waals surface area contributed by atoms with Crippen molar-refractivity contribution >= 4 is 23.1 Å². The summed E-state index contributed by atoms with van der Waals surface area (Å²) in [5.74, 6) is -0.420. The molecule has 31 heavy (non-hydrogen) atoms. The Morgan fingerprint density at radius 1 is 1.00 bits per heavy atom. The van der Waals surface area contributed by atoms with Crippen molar-refractivity contribution in [2.24, 2.45) is 0 Å². The molecule has 2 aromatic rings. The van der Waals surface area contributed by atoms with E-state index in [-0.39, 0.29) is 17.9 Å². The first-order valence-electron chi connectivity index (χ1n) is 11.0. The summed E-state index contributed by atoms with van der Waals surface area (Å²) in [6.45, 7) is 9.63. The van der Waals surface area contributed by atoms with Crippen LogP contribution in [-0.4, -0.2) is 42.5 Å². The van der Waals surface area contributed by atoms with Crippen LogP contribution in [0, 0.1) is 13.8 Å². The summed E-state index contributed by atoms with van der Waals surface area (Å²) >= 11 is 0. The predicted octanol–water partition coefficient (Wildman–Crippen LogP) is 4.26. The number of benzene rings is 2. The number of ether oxygens (including phenoxy) is 1. The van der Waals surface area contributed by atoms with E-state index in [0.717, 1.165) is 28.8 Å². The Morgan fingerprint density at radius 2 is 1.77 bits per heavy atom. The van der Waals surface area contributed by atoms with Crippen molar-refractivity contribution in [3.63, 3.8) is 0 Å². The lowest BCUT2D eigenvalue weighted by Gasteiger charge is -2.22. The molecule has 0 unspecified atom stereocenters. The summed E-state index contributed by atoms with van der Waals surface area (Å²) in [4.78, 5) is 30.5. The SMILES string of the molecule is Cc1ccc(C2=C(N3CCc4ccccc43)C(=O)N(CCCOC(C)C)C2=O)cc1C. The van der Waals surface area contributed by atoms with Gasteiger partial charge in [-0.3, -0.25) is 14.5 Å².